The number of nitriles is 1. The van der Waals surface area contributed by atoms with E-state index in [9.17, 15) is 19.1 Å². The molecule has 0 aromatic heterocycles. The van der Waals surface area contributed by atoms with Gasteiger partial charge in [-0.2, -0.15) is 5.26 Å². The summed E-state index contributed by atoms with van der Waals surface area (Å²) in [5.74, 6) is -2.08. The number of esters is 1. The third-order valence-corrected chi connectivity index (χ3v) is 6.59. The third kappa shape index (κ3) is 8.47. The van der Waals surface area contributed by atoms with Gasteiger partial charge in [-0.3, -0.25) is 9.69 Å². The van der Waals surface area contributed by atoms with Gasteiger partial charge in [0.2, 0.25) is 0 Å². The summed E-state index contributed by atoms with van der Waals surface area (Å²) < 4.78 is 19.2. The Balaban J connectivity index is 0.000000404. The van der Waals surface area contributed by atoms with Crippen molar-refractivity contribution in [2.75, 3.05) is 20.7 Å². The van der Waals surface area contributed by atoms with Crippen LogP contribution in [0.4, 0.5) is 4.39 Å². The Morgan fingerprint density at radius 3 is 2.26 bits per heavy atom. The lowest BCUT2D eigenvalue weighted by Gasteiger charge is -2.45. The lowest BCUT2D eigenvalue weighted by atomic mass is 9.72. The smallest absolute Gasteiger partial charge is 0.335 e. The monoisotopic (exact) mass is 534 g/mol. The molecule has 0 heterocycles. The number of rotatable bonds is 11. The molecule has 0 saturated carbocycles. The van der Waals surface area contributed by atoms with E-state index in [1.54, 1.807) is 24.3 Å². The quantitative estimate of drug-likeness (QED) is 0.318. The van der Waals surface area contributed by atoms with Crippen molar-refractivity contribution >= 4 is 11.9 Å². The van der Waals surface area contributed by atoms with Crippen molar-refractivity contribution < 1.29 is 28.9 Å². The average molecular weight is 535 g/mol. The van der Waals surface area contributed by atoms with Crippen LogP contribution in [0.3, 0.4) is 0 Å². The van der Waals surface area contributed by atoms with Gasteiger partial charge in [0.05, 0.1) is 28.7 Å². The highest BCUT2D eigenvalue weighted by Crippen LogP contribution is 2.41. The summed E-state index contributed by atoms with van der Waals surface area (Å²) in [6, 6.07) is 23.6. The van der Waals surface area contributed by atoms with E-state index in [1.807, 2.05) is 62.3 Å². The summed E-state index contributed by atoms with van der Waals surface area (Å²) in [4.78, 5) is 25.5. The predicted octanol–water partition coefficient (Wildman–Crippen LogP) is 5.38. The van der Waals surface area contributed by atoms with E-state index >= 15 is 0 Å². The molecule has 3 aromatic rings. The normalized spacial score (nSPS) is 12.8. The molecule has 0 saturated heterocycles. The molecule has 0 aliphatic carbocycles. The van der Waals surface area contributed by atoms with Crippen LogP contribution in [0, 0.1) is 23.1 Å². The third-order valence-electron chi connectivity index (χ3n) is 6.59. The van der Waals surface area contributed by atoms with Crippen LogP contribution < -0.4 is 0 Å². The van der Waals surface area contributed by atoms with Gasteiger partial charge < -0.3 is 14.9 Å². The predicted molar refractivity (Wildman–Crippen MR) is 146 cm³/mol. The number of carbonyl (C=O) groups excluding carboxylic acids is 1. The Bertz CT molecular complexity index is 1240. The van der Waals surface area contributed by atoms with Crippen molar-refractivity contribution in [1.29, 1.82) is 5.26 Å². The van der Waals surface area contributed by atoms with Gasteiger partial charge >= 0.3 is 11.9 Å². The second kappa shape index (κ2) is 15.4. The highest BCUT2D eigenvalue weighted by atomic mass is 19.1. The van der Waals surface area contributed by atoms with Crippen LogP contribution in [0.1, 0.15) is 53.2 Å². The van der Waals surface area contributed by atoms with Crippen molar-refractivity contribution in [3.05, 3.63) is 107 Å². The van der Waals surface area contributed by atoms with Crippen molar-refractivity contribution in [2.24, 2.45) is 5.92 Å². The number of hydrogen-bond acceptors (Lipinski definition) is 6. The molecule has 3 rings (SSSR count). The van der Waals surface area contributed by atoms with Crippen LogP contribution in [0.2, 0.25) is 0 Å². The lowest BCUT2D eigenvalue weighted by molar-refractivity contribution is -0.157. The second-order valence-corrected chi connectivity index (χ2v) is 9.20. The van der Waals surface area contributed by atoms with E-state index in [0.717, 1.165) is 11.1 Å². The molecule has 2 N–H and O–H groups in total. The van der Waals surface area contributed by atoms with Gasteiger partial charge in [0.15, 0.2) is 0 Å². The minimum atomic E-state index is -1.01. The fourth-order valence-electron chi connectivity index (χ4n) is 4.65. The minimum Gasteiger partial charge on any atom is -0.478 e. The van der Waals surface area contributed by atoms with Gasteiger partial charge in [0, 0.05) is 6.61 Å². The standard InChI is InChI=1S/C23H30FNO3.C8H5NO2/c1-4-21(22(27)28-17-18-9-6-5-7-10-18)23(25(2)3,15-8-16-26)19-11-13-20(24)14-12-19;9-5-6-2-1-3-7(4-6)8(10)11/h5-7,9-14,21,26H,4,8,15-17H2,1-3H3;1-4H,(H,10,11)/t21?,23-;/m0./s1. The fraction of sp³-hybridized carbons (Fsp3) is 0.323. The molecule has 8 heteroatoms. The largest absolute Gasteiger partial charge is 0.478 e. The first-order valence-corrected chi connectivity index (χ1v) is 12.7. The number of nitrogens with zero attached hydrogens (tertiary/aromatic N) is 2. The van der Waals surface area contributed by atoms with Crippen LogP contribution in [0.25, 0.3) is 0 Å². The summed E-state index contributed by atoms with van der Waals surface area (Å²) in [5, 5.41) is 26.3. The number of ether oxygens (including phenoxy) is 1. The topological polar surface area (TPSA) is 111 Å². The van der Waals surface area contributed by atoms with E-state index in [0.29, 0.717) is 24.8 Å². The molecule has 0 aliphatic rings. The molecule has 3 aromatic carbocycles. The molecule has 7 nitrogen and oxygen atoms in total. The molecule has 1 unspecified atom stereocenters. The number of aromatic carboxylic acids is 1. The summed E-state index contributed by atoms with van der Waals surface area (Å²) >= 11 is 0. The number of aliphatic hydroxyl groups is 1. The van der Waals surface area contributed by atoms with Crippen molar-refractivity contribution in [3.63, 3.8) is 0 Å². The molecule has 0 radical (unpaired) electrons. The lowest BCUT2D eigenvalue weighted by Crippen LogP contribution is -2.51. The number of carbonyl (C=O) groups is 2. The average Bonchev–Trinajstić information content (AvgIpc) is 2.95. The van der Waals surface area contributed by atoms with Crippen LogP contribution in [-0.4, -0.2) is 47.8 Å². The Kier molecular flexibility index (Phi) is 12.3. The molecule has 0 spiro atoms. The summed E-state index contributed by atoms with van der Waals surface area (Å²) in [6.07, 6.45) is 1.65. The number of carboxylic acids is 1. The van der Waals surface area contributed by atoms with E-state index < -0.39 is 17.4 Å². The Morgan fingerprint density at radius 1 is 1.05 bits per heavy atom. The summed E-state index contributed by atoms with van der Waals surface area (Å²) in [6.45, 7) is 2.19. The van der Waals surface area contributed by atoms with Gasteiger partial charge in [-0.15, -0.1) is 0 Å². The SMILES string of the molecule is CCC(C(=O)OCc1ccccc1)[C@](CCCO)(c1ccc(F)cc1)N(C)C.N#Cc1cccc(C(=O)O)c1. The van der Waals surface area contributed by atoms with Crippen LogP contribution in [0.15, 0.2) is 78.9 Å². The zero-order valence-corrected chi connectivity index (χ0v) is 22.5. The number of halogens is 1. The van der Waals surface area contributed by atoms with Gasteiger partial charge in [-0.1, -0.05) is 55.5 Å². The highest BCUT2D eigenvalue weighted by Gasteiger charge is 2.45. The Morgan fingerprint density at radius 2 is 1.72 bits per heavy atom. The number of benzene rings is 3. The van der Waals surface area contributed by atoms with E-state index in [2.05, 4.69) is 0 Å². The molecular formula is C31H35FN2O5. The molecule has 0 amide bonds. The van der Waals surface area contributed by atoms with Crippen LogP contribution >= 0.6 is 0 Å². The van der Waals surface area contributed by atoms with Gasteiger partial charge in [0.1, 0.15) is 12.4 Å². The number of carboxylic acid groups (broad SMARTS) is 1. The molecular weight excluding hydrogens is 499 g/mol. The number of aliphatic hydroxyl groups excluding tert-OH is 1. The molecule has 39 heavy (non-hydrogen) atoms. The Hall–Kier alpha value is -4.06. The van der Waals surface area contributed by atoms with Crippen molar-refractivity contribution in [3.8, 4) is 6.07 Å². The van der Waals surface area contributed by atoms with Crippen LogP contribution in [0.5, 0.6) is 0 Å². The first-order valence-electron chi connectivity index (χ1n) is 12.7. The number of hydrogen-bond donors (Lipinski definition) is 2. The van der Waals surface area contributed by atoms with Gasteiger partial charge in [0.25, 0.3) is 0 Å². The molecule has 0 fully saturated rings. The zero-order chi connectivity index (χ0) is 28.8. The van der Waals surface area contributed by atoms with E-state index in [4.69, 9.17) is 15.1 Å². The maximum atomic E-state index is 13.5. The second-order valence-electron chi connectivity index (χ2n) is 9.20. The summed E-state index contributed by atoms with van der Waals surface area (Å²) in [7, 11) is 3.82. The minimum absolute atomic E-state index is 0.0201. The van der Waals surface area contributed by atoms with Gasteiger partial charge in [-0.05, 0) is 74.8 Å². The van der Waals surface area contributed by atoms with E-state index in [1.165, 1.54) is 24.3 Å². The molecule has 2 atom stereocenters. The zero-order valence-electron chi connectivity index (χ0n) is 22.5. The first-order chi connectivity index (χ1) is 18.7. The highest BCUT2D eigenvalue weighted by molar-refractivity contribution is 5.87. The summed E-state index contributed by atoms with van der Waals surface area (Å²) in [5.41, 5.74) is 1.59. The van der Waals surface area contributed by atoms with Crippen LogP contribution in [-0.2, 0) is 21.7 Å². The molecule has 206 valence electrons. The molecule has 0 bridgehead atoms. The Labute approximate surface area is 229 Å². The van der Waals surface area contributed by atoms with Gasteiger partial charge in [-0.25, -0.2) is 9.18 Å². The first kappa shape index (κ1) is 31.2. The fourth-order valence-corrected chi connectivity index (χ4v) is 4.65. The van der Waals surface area contributed by atoms with Crippen molar-refractivity contribution in [2.45, 2.75) is 38.3 Å². The maximum absolute atomic E-state index is 13.5. The molecule has 0 aliphatic heterocycles. The van der Waals surface area contributed by atoms with E-state index in [-0.39, 0.29) is 30.6 Å². The van der Waals surface area contributed by atoms with Crippen molar-refractivity contribution in [1.82, 2.24) is 4.90 Å². The maximum Gasteiger partial charge on any atom is 0.335 e.